The van der Waals surface area contributed by atoms with Crippen LogP contribution in [-0.4, -0.2) is 5.25 Å². The number of thioether (sulfide) groups is 1. The van der Waals surface area contributed by atoms with Gasteiger partial charge in [-0.2, -0.15) is 0 Å². The largest absolute Gasteiger partial charge is 0.202 e. The molecule has 0 unspecified atom stereocenters. The number of hydrogen-bond donors (Lipinski definition) is 0. The van der Waals surface area contributed by atoms with Gasteiger partial charge in [-0.25, -0.2) is 4.57 Å². The molecule has 1 nitrogen and oxygen atoms in total. The molecule has 2 aromatic rings. The molecule has 0 bridgehead atoms. The molecule has 1 aromatic heterocycles. The van der Waals surface area contributed by atoms with E-state index in [2.05, 4.69) is 68.9 Å². The van der Waals surface area contributed by atoms with Crippen molar-refractivity contribution in [3.8, 4) is 0 Å². The SMILES string of the molecule is CC(C)Sc1cccc2cc[n+](C(C)C)cc12. The molecule has 0 radical (unpaired) electrons. The van der Waals surface area contributed by atoms with Crippen molar-refractivity contribution < 1.29 is 4.57 Å². The molecule has 0 aliphatic rings. The Morgan fingerprint density at radius 1 is 1.06 bits per heavy atom. The van der Waals surface area contributed by atoms with Gasteiger partial charge in [0.2, 0.25) is 0 Å². The Hall–Kier alpha value is -1.02. The van der Waals surface area contributed by atoms with Gasteiger partial charge in [0.15, 0.2) is 18.4 Å². The predicted octanol–water partition coefficient (Wildman–Crippen LogP) is 4.21. The maximum atomic E-state index is 2.27. The highest BCUT2D eigenvalue weighted by Crippen LogP contribution is 2.29. The zero-order valence-corrected chi connectivity index (χ0v) is 11.8. The summed E-state index contributed by atoms with van der Waals surface area (Å²) in [4.78, 5) is 1.38. The Labute approximate surface area is 108 Å². The maximum absolute atomic E-state index is 2.27. The topological polar surface area (TPSA) is 3.88 Å². The standard InChI is InChI=1S/C15H20NS/c1-11(2)16-9-8-13-6-5-7-15(14(13)10-16)17-12(3)4/h5-12H,1-4H3/q+1. The summed E-state index contributed by atoms with van der Waals surface area (Å²) in [6.45, 7) is 8.90. The Morgan fingerprint density at radius 2 is 1.82 bits per heavy atom. The van der Waals surface area contributed by atoms with Crippen LogP contribution in [0.2, 0.25) is 0 Å². The zero-order chi connectivity index (χ0) is 12.4. The van der Waals surface area contributed by atoms with Gasteiger partial charge in [0.1, 0.15) is 0 Å². The Bertz CT molecular complexity index is 517. The van der Waals surface area contributed by atoms with Crippen molar-refractivity contribution in [1.82, 2.24) is 0 Å². The third-order valence-electron chi connectivity index (χ3n) is 2.76. The minimum Gasteiger partial charge on any atom is -0.202 e. The van der Waals surface area contributed by atoms with E-state index in [9.17, 15) is 0 Å². The summed E-state index contributed by atoms with van der Waals surface area (Å²) < 4.78 is 2.27. The summed E-state index contributed by atoms with van der Waals surface area (Å²) in [6, 6.07) is 9.27. The molecule has 1 heterocycles. The molecule has 0 aliphatic heterocycles. The van der Waals surface area contributed by atoms with Crippen molar-refractivity contribution >= 4 is 22.5 Å². The minimum absolute atomic E-state index is 0.511. The van der Waals surface area contributed by atoms with Gasteiger partial charge < -0.3 is 0 Å². The van der Waals surface area contributed by atoms with E-state index in [-0.39, 0.29) is 0 Å². The van der Waals surface area contributed by atoms with Crippen molar-refractivity contribution in [2.24, 2.45) is 0 Å². The number of benzene rings is 1. The van der Waals surface area contributed by atoms with E-state index >= 15 is 0 Å². The van der Waals surface area contributed by atoms with E-state index in [1.54, 1.807) is 0 Å². The summed E-state index contributed by atoms with van der Waals surface area (Å²) in [5.41, 5.74) is 0. The number of nitrogens with zero attached hydrogens (tertiary/aromatic N) is 1. The number of aromatic nitrogens is 1. The lowest BCUT2D eigenvalue weighted by atomic mass is 10.2. The first-order valence-electron chi connectivity index (χ1n) is 6.18. The lowest BCUT2D eigenvalue weighted by Crippen LogP contribution is -2.34. The third-order valence-corrected chi connectivity index (χ3v) is 3.84. The molecule has 0 saturated carbocycles. The first-order valence-corrected chi connectivity index (χ1v) is 7.06. The van der Waals surface area contributed by atoms with Crippen LogP contribution in [0.3, 0.4) is 0 Å². The van der Waals surface area contributed by atoms with E-state index in [0.29, 0.717) is 11.3 Å². The zero-order valence-electron chi connectivity index (χ0n) is 11.0. The second-order valence-corrected chi connectivity index (χ2v) is 6.53. The summed E-state index contributed by atoms with van der Waals surface area (Å²) >= 11 is 1.94. The van der Waals surface area contributed by atoms with Gasteiger partial charge in [0.05, 0.1) is 5.39 Å². The van der Waals surface area contributed by atoms with Crippen LogP contribution in [0.5, 0.6) is 0 Å². The molecule has 0 aliphatic carbocycles. The fourth-order valence-electron chi connectivity index (χ4n) is 1.88. The van der Waals surface area contributed by atoms with E-state index in [1.165, 1.54) is 15.7 Å². The number of fused-ring (bicyclic) bond motifs is 1. The molecule has 0 fully saturated rings. The Kier molecular flexibility index (Phi) is 3.72. The summed E-state index contributed by atoms with van der Waals surface area (Å²) in [6.07, 6.45) is 4.43. The van der Waals surface area contributed by atoms with Crippen LogP contribution in [0.1, 0.15) is 33.7 Å². The summed E-state index contributed by atoms with van der Waals surface area (Å²) in [5, 5.41) is 3.31. The highest BCUT2D eigenvalue weighted by atomic mass is 32.2. The smallest absolute Gasteiger partial charge is 0.178 e. The minimum atomic E-state index is 0.511. The number of rotatable bonds is 3. The second-order valence-electron chi connectivity index (χ2n) is 4.91. The first-order chi connectivity index (χ1) is 8.08. The Balaban J connectivity index is 2.55. The average Bonchev–Trinajstić information content (AvgIpc) is 2.28. The van der Waals surface area contributed by atoms with Gasteiger partial charge in [-0.1, -0.05) is 26.0 Å². The fraction of sp³-hybridized carbons (Fsp3) is 0.400. The van der Waals surface area contributed by atoms with Crippen molar-refractivity contribution in [3.05, 3.63) is 36.7 Å². The molecule has 17 heavy (non-hydrogen) atoms. The molecule has 0 N–H and O–H groups in total. The Morgan fingerprint density at radius 3 is 2.47 bits per heavy atom. The van der Waals surface area contributed by atoms with E-state index < -0.39 is 0 Å². The van der Waals surface area contributed by atoms with Gasteiger partial charge in [-0.15, -0.1) is 11.8 Å². The highest BCUT2D eigenvalue weighted by molar-refractivity contribution is 8.00. The van der Waals surface area contributed by atoms with Gasteiger partial charge in [-0.3, -0.25) is 0 Å². The van der Waals surface area contributed by atoms with Crippen LogP contribution in [0.25, 0.3) is 10.8 Å². The molecule has 2 heteroatoms. The van der Waals surface area contributed by atoms with Gasteiger partial charge in [0, 0.05) is 16.2 Å². The van der Waals surface area contributed by atoms with Crippen molar-refractivity contribution in [2.75, 3.05) is 0 Å². The number of pyridine rings is 1. The normalized spacial score (nSPS) is 11.6. The number of hydrogen-bond acceptors (Lipinski definition) is 1. The van der Waals surface area contributed by atoms with Crippen LogP contribution < -0.4 is 4.57 Å². The van der Waals surface area contributed by atoms with Crippen LogP contribution in [0, 0.1) is 0 Å². The highest BCUT2D eigenvalue weighted by Gasteiger charge is 2.10. The van der Waals surface area contributed by atoms with Crippen LogP contribution >= 0.6 is 11.8 Å². The van der Waals surface area contributed by atoms with Gasteiger partial charge >= 0.3 is 0 Å². The van der Waals surface area contributed by atoms with Gasteiger partial charge in [-0.05, 0) is 25.3 Å². The molecule has 1 aromatic carbocycles. The van der Waals surface area contributed by atoms with Crippen molar-refractivity contribution in [3.63, 3.8) is 0 Å². The molecule has 90 valence electrons. The van der Waals surface area contributed by atoms with Crippen molar-refractivity contribution in [2.45, 2.75) is 43.9 Å². The lowest BCUT2D eigenvalue weighted by Gasteiger charge is -2.08. The van der Waals surface area contributed by atoms with Crippen LogP contribution in [0.4, 0.5) is 0 Å². The quantitative estimate of drug-likeness (QED) is 0.579. The third kappa shape index (κ3) is 2.81. The second kappa shape index (κ2) is 5.09. The van der Waals surface area contributed by atoms with Gasteiger partial charge in [0.25, 0.3) is 0 Å². The molecule has 0 spiro atoms. The van der Waals surface area contributed by atoms with Crippen molar-refractivity contribution in [1.29, 1.82) is 0 Å². The summed E-state index contributed by atoms with van der Waals surface area (Å²) in [7, 11) is 0. The molecule has 0 atom stereocenters. The average molecular weight is 246 g/mol. The summed E-state index contributed by atoms with van der Waals surface area (Å²) in [5.74, 6) is 0. The van der Waals surface area contributed by atoms with E-state index in [1.807, 2.05) is 11.8 Å². The monoisotopic (exact) mass is 246 g/mol. The fourth-order valence-corrected chi connectivity index (χ4v) is 2.84. The van der Waals surface area contributed by atoms with E-state index in [4.69, 9.17) is 0 Å². The predicted molar refractivity (Wildman–Crippen MR) is 75.5 cm³/mol. The molecule has 0 saturated heterocycles. The molecule has 0 amide bonds. The van der Waals surface area contributed by atoms with E-state index in [0.717, 1.165) is 0 Å². The lowest BCUT2D eigenvalue weighted by molar-refractivity contribution is -0.715. The van der Waals surface area contributed by atoms with Crippen LogP contribution in [0.15, 0.2) is 41.6 Å². The molecular weight excluding hydrogens is 226 g/mol. The molecular formula is C15H20NS+. The first kappa shape index (κ1) is 12.4. The maximum Gasteiger partial charge on any atom is 0.178 e. The van der Waals surface area contributed by atoms with Crippen LogP contribution in [-0.2, 0) is 0 Å². The molecule has 2 rings (SSSR count).